The quantitative estimate of drug-likeness (QED) is 0.729. The Morgan fingerprint density at radius 2 is 2.12 bits per heavy atom. The van der Waals surface area contributed by atoms with Gasteiger partial charge in [-0.25, -0.2) is 4.79 Å². The number of benzene rings is 1. The third-order valence-electron chi connectivity index (χ3n) is 7.32. The lowest BCUT2D eigenvalue weighted by Gasteiger charge is -2.49. The standard InChI is InChI=1S/C20H24O4/c1-20-8-7-14-13-6-4-12(22-2)9-11(13)3-5-15(14)16(20)10-17-18(20)24-19(21)23-17/h4,6,9,14-18H,3,5,7-8,10H2,1-2H3/t14-,15-,16+,17+,18+,20+/m1/s1. The van der Waals surface area contributed by atoms with Crippen LogP contribution in [-0.2, 0) is 15.9 Å². The van der Waals surface area contributed by atoms with Gasteiger partial charge in [0, 0.05) is 5.41 Å². The predicted molar refractivity (Wildman–Crippen MR) is 88.1 cm³/mol. The maximum atomic E-state index is 11.5. The van der Waals surface area contributed by atoms with Gasteiger partial charge in [0.05, 0.1) is 7.11 Å². The molecule has 128 valence electrons. The highest BCUT2D eigenvalue weighted by molar-refractivity contribution is 5.63. The minimum atomic E-state index is -0.465. The third-order valence-corrected chi connectivity index (χ3v) is 7.32. The Hall–Kier alpha value is -1.71. The Balaban J connectivity index is 1.48. The second-order valence-corrected chi connectivity index (χ2v) is 8.21. The van der Waals surface area contributed by atoms with Crippen LogP contribution < -0.4 is 4.74 Å². The first-order chi connectivity index (χ1) is 11.6. The van der Waals surface area contributed by atoms with Gasteiger partial charge in [0.2, 0.25) is 0 Å². The summed E-state index contributed by atoms with van der Waals surface area (Å²) in [4.78, 5) is 11.5. The fourth-order valence-electron chi connectivity index (χ4n) is 6.20. The maximum Gasteiger partial charge on any atom is 0.509 e. The van der Waals surface area contributed by atoms with Crippen LogP contribution in [0.5, 0.6) is 5.75 Å². The zero-order valence-corrected chi connectivity index (χ0v) is 14.3. The van der Waals surface area contributed by atoms with Gasteiger partial charge in [-0.1, -0.05) is 13.0 Å². The molecule has 24 heavy (non-hydrogen) atoms. The summed E-state index contributed by atoms with van der Waals surface area (Å²) in [6.07, 6.45) is 5.08. The van der Waals surface area contributed by atoms with E-state index in [1.807, 2.05) is 0 Å². The molecule has 1 saturated heterocycles. The van der Waals surface area contributed by atoms with Gasteiger partial charge < -0.3 is 14.2 Å². The van der Waals surface area contributed by atoms with E-state index in [9.17, 15) is 4.79 Å². The summed E-state index contributed by atoms with van der Waals surface area (Å²) in [7, 11) is 1.73. The molecule has 0 radical (unpaired) electrons. The zero-order chi connectivity index (χ0) is 16.5. The van der Waals surface area contributed by atoms with E-state index < -0.39 is 6.16 Å². The molecule has 5 rings (SSSR count). The van der Waals surface area contributed by atoms with Crippen molar-refractivity contribution < 1.29 is 19.0 Å². The summed E-state index contributed by atoms with van der Waals surface area (Å²) in [5.41, 5.74) is 3.06. The van der Waals surface area contributed by atoms with Gasteiger partial charge in [0.1, 0.15) is 18.0 Å². The highest BCUT2D eigenvalue weighted by Gasteiger charge is 2.63. The van der Waals surface area contributed by atoms with E-state index in [1.165, 1.54) is 24.0 Å². The summed E-state index contributed by atoms with van der Waals surface area (Å²) in [5.74, 6) is 2.86. The molecular formula is C20H24O4. The third kappa shape index (κ3) is 1.83. The van der Waals surface area contributed by atoms with Crippen LogP contribution in [0.25, 0.3) is 0 Å². The lowest BCUT2D eigenvalue weighted by atomic mass is 9.55. The van der Waals surface area contributed by atoms with Crippen LogP contribution >= 0.6 is 0 Å². The number of carbonyl (C=O) groups is 1. The van der Waals surface area contributed by atoms with E-state index in [-0.39, 0.29) is 17.6 Å². The van der Waals surface area contributed by atoms with Crippen molar-refractivity contribution in [3.8, 4) is 5.75 Å². The zero-order valence-electron chi connectivity index (χ0n) is 14.3. The SMILES string of the molecule is COc1ccc2c(c1)CC[C@@H]1[C@@H]2CC[C@@]2(C)[C@H]1C[C@@H]1OC(=O)O[C@@H]12. The van der Waals surface area contributed by atoms with Gasteiger partial charge >= 0.3 is 6.16 Å². The highest BCUT2D eigenvalue weighted by Crippen LogP contribution is 2.63. The molecule has 0 spiro atoms. The Labute approximate surface area is 142 Å². The van der Waals surface area contributed by atoms with E-state index in [2.05, 4.69) is 25.1 Å². The normalized spacial score (nSPS) is 42.2. The number of fused-ring (bicyclic) bond motifs is 7. The fourth-order valence-corrected chi connectivity index (χ4v) is 6.20. The predicted octanol–water partition coefficient (Wildman–Crippen LogP) is 4.07. The monoisotopic (exact) mass is 328 g/mol. The van der Waals surface area contributed by atoms with Crippen LogP contribution in [0.2, 0.25) is 0 Å². The molecule has 4 nitrogen and oxygen atoms in total. The Bertz CT molecular complexity index is 699. The van der Waals surface area contributed by atoms with Crippen LogP contribution in [0.15, 0.2) is 18.2 Å². The minimum Gasteiger partial charge on any atom is -0.497 e. The van der Waals surface area contributed by atoms with Crippen LogP contribution in [0.4, 0.5) is 4.79 Å². The second kappa shape index (κ2) is 4.90. The number of carbonyl (C=O) groups excluding carboxylic acids is 1. The van der Waals surface area contributed by atoms with Crippen LogP contribution in [0.1, 0.15) is 49.7 Å². The molecule has 4 aliphatic rings. The molecule has 0 bridgehead atoms. The summed E-state index contributed by atoms with van der Waals surface area (Å²) in [6, 6.07) is 6.59. The van der Waals surface area contributed by atoms with E-state index in [0.29, 0.717) is 17.8 Å². The first-order valence-electron chi connectivity index (χ1n) is 9.14. The molecule has 3 fully saturated rings. The number of hydrogen-bond acceptors (Lipinski definition) is 4. The number of hydrogen-bond donors (Lipinski definition) is 0. The van der Waals surface area contributed by atoms with Crippen molar-refractivity contribution >= 4 is 6.16 Å². The minimum absolute atomic E-state index is 0.0245. The van der Waals surface area contributed by atoms with E-state index >= 15 is 0 Å². The van der Waals surface area contributed by atoms with Crippen molar-refractivity contribution in [2.45, 2.75) is 57.2 Å². The van der Waals surface area contributed by atoms with Crippen molar-refractivity contribution in [1.29, 1.82) is 0 Å². The van der Waals surface area contributed by atoms with Crippen molar-refractivity contribution in [1.82, 2.24) is 0 Å². The maximum absolute atomic E-state index is 11.5. The molecule has 0 unspecified atom stereocenters. The first-order valence-corrected chi connectivity index (χ1v) is 9.14. The van der Waals surface area contributed by atoms with Crippen molar-refractivity contribution in [2.75, 3.05) is 7.11 Å². The molecule has 2 saturated carbocycles. The average Bonchev–Trinajstić information content (AvgIpc) is 3.09. The van der Waals surface area contributed by atoms with Crippen LogP contribution in [0, 0.1) is 17.3 Å². The molecule has 4 heteroatoms. The van der Waals surface area contributed by atoms with Crippen molar-refractivity contribution in [3.63, 3.8) is 0 Å². The van der Waals surface area contributed by atoms with Gasteiger partial charge in [-0.3, -0.25) is 0 Å². The van der Waals surface area contributed by atoms with E-state index in [0.717, 1.165) is 25.0 Å². The molecule has 0 amide bonds. The van der Waals surface area contributed by atoms with E-state index in [1.54, 1.807) is 7.11 Å². The van der Waals surface area contributed by atoms with Gasteiger partial charge in [0.15, 0.2) is 0 Å². The molecule has 6 atom stereocenters. The molecule has 1 aromatic carbocycles. The molecule has 1 heterocycles. The van der Waals surface area contributed by atoms with Crippen LogP contribution in [0.3, 0.4) is 0 Å². The Kier molecular flexibility index (Phi) is 2.98. The number of ether oxygens (including phenoxy) is 3. The second-order valence-electron chi connectivity index (χ2n) is 8.21. The fraction of sp³-hybridized carbons (Fsp3) is 0.650. The van der Waals surface area contributed by atoms with Gasteiger partial charge in [-0.15, -0.1) is 0 Å². The lowest BCUT2D eigenvalue weighted by Crippen LogP contribution is -2.44. The average molecular weight is 328 g/mol. The number of methoxy groups -OCH3 is 1. The summed E-state index contributed by atoms with van der Waals surface area (Å²) < 4.78 is 16.4. The molecule has 0 N–H and O–H groups in total. The molecule has 1 aliphatic heterocycles. The number of aryl methyl sites for hydroxylation is 1. The highest BCUT2D eigenvalue weighted by atomic mass is 16.8. The summed E-state index contributed by atoms with van der Waals surface area (Å²) in [5, 5.41) is 0. The van der Waals surface area contributed by atoms with Gasteiger partial charge in [-0.05, 0) is 73.1 Å². The summed E-state index contributed by atoms with van der Waals surface area (Å²) in [6.45, 7) is 2.32. The van der Waals surface area contributed by atoms with Crippen LogP contribution in [-0.4, -0.2) is 25.5 Å². The Morgan fingerprint density at radius 3 is 2.96 bits per heavy atom. The molecule has 0 aromatic heterocycles. The Morgan fingerprint density at radius 1 is 1.25 bits per heavy atom. The van der Waals surface area contributed by atoms with Crippen molar-refractivity contribution in [2.24, 2.45) is 17.3 Å². The molecular weight excluding hydrogens is 304 g/mol. The molecule has 3 aliphatic carbocycles. The topological polar surface area (TPSA) is 44.8 Å². The van der Waals surface area contributed by atoms with Crippen molar-refractivity contribution in [3.05, 3.63) is 29.3 Å². The molecule has 1 aromatic rings. The smallest absolute Gasteiger partial charge is 0.497 e. The van der Waals surface area contributed by atoms with Gasteiger partial charge in [0.25, 0.3) is 0 Å². The van der Waals surface area contributed by atoms with Gasteiger partial charge in [-0.2, -0.15) is 0 Å². The largest absolute Gasteiger partial charge is 0.509 e. The summed E-state index contributed by atoms with van der Waals surface area (Å²) >= 11 is 0. The number of rotatable bonds is 1. The lowest BCUT2D eigenvalue weighted by molar-refractivity contribution is -0.0213. The first kappa shape index (κ1) is 14.6. The van der Waals surface area contributed by atoms with E-state index in [4.69, 9.17) is 14.2 Å².